The van der Waals surface area contributed by atoms with Crippen LogP contribution in [-0.2, 0) is 20.9 Å². The molecule has 110 valence electrons. The van der Waals surface area contributed by atoms with Gasteiger partial charge in [-0.1, -0.05) is 24.3 Å². The third-order valence-corrected chi connectivity index (χ3v) is 3.61. The number of hydrogen-bond donors (Lipinski definition) is 2. The molecule has 1 saturated heterocycles. The van der Waals surface area contributed by atoms with E-state index in [0.717, 1.165) is 30.6 Å². The van der Waals surface area contributed by atoms with Gasteiger partial charge in [0.25, 0.3) is 0 Å². The van der Waals surface area contributed by atoms with Gasteiger partial charge in [-0.15, -0.1) is 0 Å². The number of carbonyl (C=O) groups excluding carboxylic acids is 1. The van der Waals surface area contributed by atoms with Crippen LogP contribution >= 0.6 is 0 Å². The zero-order chi connectivity index (χ0) is 14.4. The maximum atomic E-state index is 11.4. The fraction of sp³-hybridized carbons (Fsp3) is 0.533. The monoisotopic (exact) mass is 278 g/mol. The third-order valence-electron chi connectivity index (χ3n) is 3.61. The number of hydrazine groups is 1. The molecule has 1 heterocycles. The van der Waals surface area contributed by atoms with Crippen LogP contribution in [0.2, 0.25) is 0 Å². The molecule has 2 unspecified atom stereocenters. The molecular weight excluding hydrogens is 256 g/mol. The summed E-state index contributed by atoms with van der Waals surface area (Å²) >= 11 is 0. The summed E-state index contributed by atoms with van der Waals surface area (Å²) in [5.41, 5.74) is 4.20. The van der Waals surface area contributed by atoms with Gasteiger partial charge in [-0.2, -0.15) is 0 Å². The van der Waals surface area contributed by atoms with Crippen molar-refractivity contribution in [2.75, 3.05) is 13.2 Å². The third kappa shape index (κ3) is 4.03. The highest BCUT2D eigenvalue weighted by atomic mass is 16.5. The van der Waals surface area contributed by atoms with Crippen LogP contribution < -0.4 is 11.3 Å². The number of amides is 1. The Bertz CT molecular complexity index is 427. The average molecular weight is 278 g/mol. The molecule has 1 aliphatic rings. The molecule has 0 aliphatic carbocycles. The van der Waals surface area contributed by atoms with Gasteiger partial charge in [0.15, 0.2) is 0 Å². The number of nitrogens with one attached hydrogen (secondary N) is 1. The second-order valence-electron chi connectivity index (χ2n) is 5.12. The van der Waals surface area contributed by atoms with Gasteiger partial charge >= 0.3 is 0 Å². The van der Waals surface area contributed by atoms with Gasteiger partial charge < -0.3 is 9.47 Å². The Labute approximate surface area is 119 Å². The minimum atomic E-state index is -0.248. The van der Waals surface area contributed by atoms with Gasteiger partial charge in [0, 0.05) is 6.61 Å². The lowest BCUT2D eigenvalue weighted by Crippen LogP contribution is -2.33. The normalized spacial score (nSPS) is 19.8. The maximum Gasteiger partial charge on any atom is 0.241 e. The van der Waals surface area contributed by atoms with E-state index in [1.165, 1.54) is 0 Å². The van der Waals surface area contributed by atoms with E-state index in [1.54, 1.807) is 0 Å². The Hall–Kier alpha value is -1.43. The Balaban J connectivity index is 1.80. The summed E-state index contributed by atoms with van der Waals surface area (Å²) in [6.45, 7) is 3.89. The van der Waals surface area contributed by atoms with Gasteiger partial charge in [0.2, 0.25) is 5.91 Å². The van der Waals surface area contributed by atoms with E-state index in [1.807, 2.05) is 31.2 Å². The molecule has 1 fully saturated rings. The van der Waals surface area contributed by atoms with Crippen molar-refractivity contribution in [2.45, 2.75) is 38.4 Å². The summed E-state index contributed by atoms with van der Waals surface area (Å²) in [7, 11) is 0. The zero-order valence-corrected chi connectivity index (χ0v) is 11.8. The highest BCUT2D eigenvalue weighted by Gasteiger charge is 2.16. The Morgan fingerprint density at radius 1 is 1.50 bits per heavy atom. The Kier molecular flexibility index (Phi) is 5.52. The minimum absolute atomic E-state index is 0.188. The Morgan fingerprint density at radius 3 is 2.85 bits per heavy atom. The molecule has 1 aromatic carbocycles. The second kappa shape index (κ2) is 7.38. The molecule has 0 spiro atoms. The van der Waals surface area contributed by atoms with E-state index in [2.05, 4.69) is 5.43 Å². The van der Waals surface area contributed by atoms with Crippen LogP contribution in [0, 0.1) is 0 Å². The molecule has 1 amide bonds. The first-order valence-electron chi connectivity index (χ1n) is 6.99. The molecule has 5 heteroatoms. The fourth-order valence-corrected chi connectivity index (χ4v) is 2.26. The maximum absolute atomic E-state index is 11.4. The van der Waals surface area contributed by atoms with Gasteiger partial charge in [0.05, 0.1) is 25.2 Å². The largest absolute Gasteiger partial charge is 0.376 e. The van der Waals surface area contributed by atoms with Crippen molar-refractivity contribution in [3.8, 4) is 0 Å². The molecule has 0 radical (unpaired) electrons. The van der Waals surface area contributed by atoms with Crippen molar-refractivity contribution >= 4 is 5.91 Å². The quantitative estimate of drug-likeness (QED) is 0.469. The molecule has 2 atom stereocenters. The number of carbonyl (C=O) groups is 1. The molecule has 5 nitrogen and oxygen atoms in total. The van der Waals surface area contributed by atoms with Crippen molar-refractivity contribution in [2.24, 2.45) is 5.84 Å². The average Bonchev–Trinajstić information content (AvgIpc) is 2.99. The smallest absolute Gasteiger partial charge is 0.241 e. The zero-order valence-electron chi connectivity index (χ0n) is 11.8. The van der Waals surface area contributed by atoms with E-state index in [0.29, 0.717) is 13.2 Å². The first-order valence-corrected chi connectivity index (χ1v) is 6.99. The number of nitrogens with two attached hydrogens (primary N) is 1. The van der Waals surface area contributed by atoms with Gasteiger partial charge in [-0.25, -0.2) is 5.84 Å². The SMILES string of the molecule is CC(C(=O)NN)c1ccc(COCC2CCCO2)cc1. The van der Waals surface area contributed by atoms with Crippen molar-refractivity contribution in [3.05, 3.63) is 35.4 Å². The van der Waals surface area contributed by atoms with Gasteiger partial charge in [-0.3, -0.25) is 10.2 Å². The highest BCUT2D eigenvalue weighted by molar-refractivity contribution is 5.82. The van der Waals surface area contributed by atoms with E-state index in [4.69, 9.17) is 15.3 Å². The first-order chi connectivity index (χ1) is 9.70. The molecular formula is C15H22N2O3. The van der Waals surface area contributed by atoms with E-state index >= 15 is 0 Å². The van der Waals surface area contributed by atoms with Gasteiger partial charge in [-0.05, 0) is 30.9 Å². The van der Waals surface area contributed by atoms with Crippen molar-refractivity contribution in [1.29, 1.82) is 0 Å². The van der Waals surface area contributed by atoms with E-state index < -0.39 is 0 Å². The molecule has 2 rings (SSSR count). The lowest BCUT2D eigenvalue weighted by molar-refractivity contribution is -0.122. The second-order valence-corrected chi connectivity index (χ2v) is 5.12. The van der Waals surface area contributed by atoms with E-state index in [-0.39, 0.29) is 17.9 Å². The lowest BCUT2D eigenvalue weighted by Gasteiger charge is -2.12. The summed E-state index contributed by atoms with van der Waals surface area (Å²) < 4.78 is 11.1. The first kappa shape index (κ1) is 15.0. The van der Waals surface area contributed by atoms with Crippen LogP contribution in [0.15, 0.2) is 24.3 Å². The van der Waals surface area contributed by atoms with Crippen LogP contribution in [0.25, 0.3) is 0 Å². The summed E-state index contributed by atoms with van der Waals surface area (Å²) in [6.07, 6.45) is 2.47. The number of hydrogen-bond acceptors (Lipinski definition) is 4. The standard InChI is InChI=1S/C15H22N2O3/c1-11(15(18)17-16)13-6-4-12(5-7-13)9-19-10-14-3-2-8-20-14/h4-7,11,14H,2-3,8-10,16H2,1H3,(H,17,18). The molecule has 3 N–H and O–H groups in total. The van der Waals surface area contributed by atoms with Crippen LogP contribution in [0.5, 0.6) is 0 Å². The number of ether oxygens (including phenoxy) is 2. The predicted octanol–water partition coefficient (Wildman–Crippen LogP) is 1.48. The molecule has 0 bridgehead atoms. The fourth-order valence-electron chi connectivity index (χ4n) is 2.26. The van der Waals surface area contributed by atoms with Crippen molar-refractivity contribution in [1.82, 2.24) is 5.43 Å². The number of benzene rings is 1. The lowest BCUT2D eigenvalue weighted by atomic mass is 9.99. The van der Waals surface area contributed by atoms with Crippen LogP contribution in [0.3, 0.4) is 0 Å². The molecule has 1 aromatic rings. The topological polar surface area (TPSA) is 73.6 Å². The predicted molar refractivity (Wildman–Crippen MR) is 75.8 cm³/mol. The molecule has 20 heavy (non-hydrogen) atoms. The Morgan fingerprint density at radius 2 is 2.25 bits per heavy atom. The molecule has 1 aliphatic heterocycles. The summed E-state index contributed by atoms with van der Waals surface area (Å²) in [5, 5.41) is 0. The van der Waals surface area contributed by atoms with Crippen molar-refractivity contribution in [3.63, 3.8) is 0 Å². The van der Waals surface area contributed by atoms with Crippen LogP contribution in [0.4, 0.5) is 0 Å². The van der Waals surface area contributed by atoms with E-state index in [9.17, 15) is 4.79 Å². The van der Waals surface area contributed by atoms with Crippen molar-refractivity contribution < 1.29 is 14.3 Å². The van der Waals surface area contributed by atoms with Crippen LogP contribution in [0.1, 0.15) is 36.8 Å². The molecule has 0 saturated carbocycles. The number of rotatable bonds is 6. The molecule has 0 aromatic heterocycles. The summed E-state index contributed by atoms with van der Waals surface area (Å²) in [4.78, 5) is 11.4. The minimum Gasteiger partial charge on any atom is -0.376 e. The summed E-state index contributed by atoms with van der Waals surface area (Å²) in [5.74, 6) is 4.70. The summed E-state index contributed by atoms with van der Waals surface area (Å²) in [6, 6.07) is 7.83. The van der Waals surface area contributed by atoms with Crippen LogP contribution in [-0.4, -0.2) is 25.2 Å². The van der Waals surface area contributed by atoms with Gasteiger partial charge in [0.1, 0.15) is 0 Å². The highest BCUT2D eigenvalue weighted by Crippen LogP contribution is 2.17.